The molecule has 0 atom stereocenters. The van der Waals surface area contributed by atoms with Crippen LogP contribution in [-0.2, 0) is 7.05 Å². The van der Waals surface area contributed by atoms with Crippen LogP contribution in [-0.4, -0.2) is 30.8 Å². The SMILES string of the molecule is Cc1nn(C)cc1Nc1nc(C(=O)O)ccc1[N+](=O)[O-]. The van der Waals surface area contributed by atoms with Crippen molar-refractivity contribution in [2.75, 3.05) is 5.32 Å². The number of carboxylic acid groups (broad SMARTS) is 1. The normalized spacial score (nSPS) is 10.3. The first-order valence-electron chi connectivity index (χ1n) is 5.54. The molecule has 0 saturated carbocycles. The smallest absolute Gasteiger partial charge is 0.354 e. The van der Waals surface area contributed by atoms with Gasteiger partial charge in [0.05, 0.1) is 16.3 Å². The monoisotopic (exact) mass is 277 g/mol. The summed E-state index contributed by atoms with van der Waals surface area (Å²) in [6.45, 7) is 1.72. The van der Waals surface area contributed by atoms with E-state index in [1.54, 1.807) is 20.2 Å². The van der Waals surface area contributed by atoms with Gasteiger partial charge in [0.15, 0.2) is 5.69 Å². The molecule has 0 aliphatic carbocycles. The van der Waals surface area contributed by atoms with Crippen molar-refractivity contribution >= 4 is 23.2 Å². The lowest BCUT2D eigenvalue weighted by molar-refractivity contribution is -0.384. The van der Waals surface area contributed by atoms with Crippen molar-refractivity contribution in [3.63, 3.8) is 0 Å². The summed E-state index contributed by atoms with van der Waals surface area (Å²) in [5.41, 5.74) is 0.549. The highest BCUT2D eigenvalue weighted by Gasteiger charge is 2.19. The molecule has 2 aromatic heterocycles. The molecule has 9 heteroatoms. The quantitative estimate of drug-likeness (QED) is 0.640. The number of aromatic nitrogens is 3. The van der Waals surface area contributed by atoms with Crippen LogP contribution < -0.4 is 5.32 Å². The Hall–Kier alpha value is -2.97. The van der Waals surface area contributed by atoms with Crippen LogP contribution in [0.5, 0.6) is 0 Å². The highest BCUT2D eigenvalue weighted by atomic mass is 16.6. The van der Waals surface area contributed by atoms with Gasteiger partial charge in [-0.3, -0.25) is 14.8 Å². The number of aryl methyl sites for hydroxylation is 2. The maximum Gasteiger partial charge on any atom is 0.354 e. The fraction of sp³-hybridized carbons (Fsp3) is 0.182. The minimum atomic E-state index is -1.26. The number of hydrogen-bond donors (Lipinski definition) is 2. The van der Waals surface area contributed by atoms with Crippen molar-refractivity contribution in [1.29, 1.82) is 0 Å². The zero-order valence-electron chi connectivity index (χ0n) is 10.7. The van der Waals surface area contributed by atoms with Gasteiger partial charge in [-0.1, -0.05) is 0 Å². The Morgan fingerprint density at radius 3 is 2.70 bits per heavy atom. The van der Waals surface area contributed by atoms with Crippen LogP contribution in [0.2, 0.25) is 0 Å². The number of pyridine rings is 1. The van der Waals surface area contributed by atoms with Gasteiger partial charge in [-0.2, -0.15) is 5.10 Å². The van der Waals surface area contributed by atoms with Crippen molar-refractivity contribution in [3.8, 4) is 0 Å². The molecule has 20 heavy (non-hydrogen) atoms. The fourth-order valence-electron chi connectivity index (χ4n) is 1.66. The zero-order chi connectivity index (χ0) is 14.9. The van der Waals surface area contributed by atoms with E-state index >= 15 is 0 Å². The topological polar surface area (TPSA) is 123 Å². The number of nitro groups is 1. The van der Waals surface area contributed by atoms with Crippen molar-refractivity contribution in [2.24, 2.45) is 7.05 Å². The lowest BCUT2D eigenvalue weighted by atomic mass is 10.3. The molecule has 0 fully saturated rings. The Bertz CT molecular complexity index is 694. The Morgan fingerprint density at radius 2 is 2.20 bits per heavy atom. The highest BCUT2D eigenvalue weighted by Crippen LogP contribution is 2.26. The van der Waals surface area contributed by atoms with Crippen LogP contribution in [0.4, 0.5) is 17.2 Å². The van der Waals surface area contributed by atoms with Crippen molar-refractivity contribution in [2.45, 2.75) is 6.92 Å². The van der Waals surface area contributed by atoms with Gasteiger partial charge in [0.1, 0.15) is 0 Å². The molecule has 0 spiro atoms. The molecule has 2 N–H and O–H groups in total. The molecular formula is C11H11N5O4. The van der Waals surface area contributed by atoms with E-state index < -0.39 is 10.9 Å². The van der Waals surface area contributed by atoms with E-state index in [0.29, 0.717) is 11.4 Å². The number of nitrogens with zero attached hydrogens (tertiary/aromatic N) is 4. The molecule has 0 radical (unpaired) electrons. The number of carbonyl (C=O) groups is 1. The molecule has 0 saturated heterocycles. The number of aromatic carboxylic acids is 1. The molecule has 2 aromatic rings. The first kappa shape index (κ1) is 13.5. The third-order valence-electron chi connectivity index (χ3n) is 2.56. The van der Waals surface area contributed by atoms with Crippen LogP contribution in [0.15, 0.2) is 18.3 Å². The van der Waals surface area contributed by atoms with Crippen LogP contribution >= 0.6 is 0 Å². The predicted octanol–water partition coefficient (Wildman–Crippen LogP) is 1.47. The summed E-state index contributed by atoms with van der Waals surface area (Å²) in [7, 11) is 1.70. The second kappa shape index (κ2) is 4.96. The molecule has 0 aromatic carbocycles. The fourth-order valence-corrected chi connectivity index (χ4v) is 1.66. The summed E-state index contributed by atoms with van der Waals surface area (Å²) in [6, 6.07) is 2.19. The van der Waals surface area contributed by atoms with Crippen LogP contribution in [0.25, 0.3) is 0 Å². The van der Waals surface area contributed by atoms with Gasteiger partial charge in [0, 0.05) is 19.3 Å². The largest absolute Gasteiger partial charge is 0.477 e. The number of anilines is 2. The maximum atomic E-state index is 10.9. The summed E-state index contributed by atoms with van der Waals surface area (Å²) in [5.74, 6) is -1.39. The van der Waals surface area contributed by atoms with Gasteiger partial charge in [-0.15, -0.1) is 0 Å². The van der Waals surface area contributed by atoms with Gasteiger partial charge in [0.2, 0.25) is 5.82 Å². The Morgan fingerprint density at radius 1 is 1.50 bits per heavy atom. The molecule has 2 rings (SSSR count). The van der Waals surface area contributed by atoms with Crippen LogP contribution in [0.3, 0.4) is 0 Å². The minimum absolute atomic E-state index is 0.133. The van der Waals surface area contributed by atoms with Crippen molar-refractivity contribution in [1.82, 2.24) is 14.8 Å². The third-order valence-corrected chi connectivity index (χ3v) is 2.56. The molecule has 0 unspecified atom stereocenters. The number of nitrogens with one attached hydrogen (secondary N) is 1. The highest BCUT2D eigenvalue weighted by molar-refractivity contribution is 5.86. The molecule has 0 amide bonds. The molecule has 0 bridgehead atoms. The second-order valence-electron chi connectivity index (χ2n) is 4.05. The van der Waals surface area contributed by atoms with Crippen molar-refractivity contribution < 1.29 is 14.8 Å². The van der Waals surface area contributed by atoms with Gasteiger partial charge < -0.3 is 10.4 Å². The van der Waals surface area contributed by atoms with E-state index in [1.165, 1.54) is 4.68 Å². The zero-order valence-corrected chi connectivity index (χ0v) is 10.7. The average molecular weight is 277 g/mol. The lowest BCUT2D eigenvalue weighted by Gasteiger charge is -2.05. The Balaban J connectivity index is 2.47. The van der Waals surface area contributed by atoms with E-state index in [9.17, 15) is 14.9 Å². The number of hydrogen-bond acceptors (Lipinski definition) is 6. The summed E-state index contributed by atoms with van der Waals surface area (Å²) in [6.07, 6.45) is 1.62. The molecule has 104 valence electrons. The average Bonchev–Trinajstić information content (AvgIpc) is 2.67. The Labute approximate surface area is 113 Å². The van der Waals surface area contributed by atoms with Crippen molar-refractivity contribution in [3.05, 3.63) is 39.8 Å². The second-order valence-corrected chi connectivity index (χ2v) is 4.05. The molecule has 2 heterocycles. The van der Waals surface area contributed by atoms with E-state index in [1.807, 2.05) is 0 Å². The van der Waals surface area contributed by atoms with Gasteiger partial charge in [-0.05, 0) is 13.0 Å². The van der Waals surface area contributed by atoms with E-state index in [-0.39, 0.29) is 17.2 Å². The summed E-state index contributed by atoms with van der Waals surface area (Å²) in [5, 5.41) is 26.6. The van der Waals surface area contributed by atoms with Gasteiger partial charge in [-0.25, -0.2) is 9.78 Å². The minimum Gasteiger partial charge on any atom is -0.477 e. The summed E-state index contributed by atoms with van der Waals surface area (Å²) < 4.78 is 1.53. The van der Waals surface area contributed by atoms with Crippen LogP contribution in [0.1, 0.15) is 16.2 Å². The number of carboxylic acids is 1. The van der Waals surface area contributed by atoms with Crippen LogP contribution in [0, 0.1) is 17.0 Å². The standard InChI is InChI=1S/C11H11N5O4/c1-6-8(5-15(2)14-6)13-10-9(16(19)20)4-3-7(12-10)11(17)18/h3-5H,1-2H3,(H,12,13)(H,17,18). The van der Waals surface area contributed by atoms with Gasteiger partial charge in [0.25, 0.3) is 0 Å². The Kier molecular flexibility index (Phi) is 3.34. The van der Waals surface area contributed by atoms with Gasteiger partial charge >= 0.3 is 11.7 Å². The third kappa shape index (κ3) is 2.55. The first-order valence-corrected chi connectivity index (χ1v) is 5.54. The van der Waals surface area contributed by atoms with E-state index in [0.717, 1.165) is 12.1 Å². The number of rotatable bonds is 4. The molecule has 0 aliphatic heterocycles. The maximum absolute atomic E-state index is 10.9. The summed E-state index contributed by atoms with van der Waals surface area (Å²) >= 11 is 0. The van der Waals surface area contributed by atoms with E-state index in [4.69, 9.17) is 5.11 Å². The summed E-state index contributed by atoms with van der Waals surface area (Å²) in [4.78, 5) is 24.9. The predicted molar refractivity (Wildman–Crippen MR) is 69.1 cm³/mol. The van der Waals surface area contributed by atoms with E-state index in [2.05, 4.69) is 15.4 Å². The lowest BCUT2D eigenvalue weighted by Crippen LogP contribution is -2.06. The first-order chi connectivity index (χ1) is 9.38. The molecule has 9 nitrogen and oxygen atoms in total. The molecular weight excluding hydrogens is 266 g/mol. The molecule has 0 aliphatic rings.